The van der Waals surface area contributed by atoms with Crippen molar-refractivity contribution < 1.29 is 9.13 Å². The second-order valence-electron chi connectivity index (χ2n) is 7.90. The third-order valence-electron chi connectivity index (χ3n) is 5.71. The highest BCUT2D eigenvalue weighted by Gasteiger charge is 2.34. The number of ether oxygens (including phenoxy) is 1. The predicted molar refractivity (Wildman–Crippen MR) is 120 cm³/mol. The largest absolute Gasteiger partial charge is 0.381 e. The zero-order chi connectivity index (χ0) is 21.2. The fourth-order valence-electron chi connectivity index (χ4n) is 3.87. The maximum absolute atomic E-state index is 13.0. The van der Waals surface area contributed by atoms with E-state index in [9.17, 15) is 4.39 Å². The Hall–Kier alpha value is -2.44. The van der Waals surface area contributed by atoms with Crippen molar-refractivity contribution in [2.24, 2.45) is 4.99 Å². The summed E-state index contributed by atoms with van der Waals surface area (Å²) in [5.74, 6) is 0.570. The molecule has 2 aromatic rings. The quantitative estimate of drug-likeness (QED) is 0.459. The molecule has 162 valence electrons. The van der Waals surface area contributed by atoms with Gasteiger partial charge in [-0.15, -0.1) is 0 Å². The van der Waals surface area contributed by atoms with Gasteiger partial charge in [-0.3, -0.25) is 4.99 Å². The number of nitrogens with zero attached hydrogens (tertiary/aromatic N) is 1. The minimum atomic E-state index is -0.205. The Morgan fingerprint density at radius 3 is 2.43 bits per heavy atom. The van der Waals surface area contributed by atoms with E-state index in [-0.39, 0.29) is 17.4 Å². The molecule has 0 bridgehead atoms. The predicted octanol–water partition coefficient (Wildman–Crippen LogP) is 3.43. The van der Waals surface area contributed by atoms with Crippen molar-refractivity contribution in [2.45, 2.75) is 37.8 Å². The van der Waals surface area contributed by atoms with Gasteiger partial charge in [0.25, 0.3) is 0 Å². The maximum atomic E-state index is 13.0. The van der Waals surface area contributed by atoms with Crippen LogP contribution in [0.2, 0.25) is 0 Å². The lowest BCUT2D eigenvalue weighted by atomic mass is 9.88. The molecule has 1 unspecified atom stereocenters. The summed E-state index contributed by atoms with van der Waals surface area (Å²) in [4.78, 5) is 4.36. The highest BCUT2D eigenvalue weighted by atomic mass is 19.1. The average Bonchev–Trinajstić information content (AvgIpc) is 2.78. The first-order valence-electron chi connectivity index (χ1n) is 10.7. The van der Waals surface area contributed by atoms with Crippen molar-refractivity contribution in [3.05, 3.63) is 71.5 Å². The van der Waals surface area contributed by atoms with Crippen LogP contribution in [0.5, 0.6) is 0 Å². The second-order valence-corrected chi connectivity index (χ2v) is 7.90. The maximum Gasteiger partial charge on any atom is 0.191 e. The van der Waals surface area contributed by atoms with Crippen LogP contribution >= 0.6 is 0 Å². The lowest BCUT2D eigenvalue weighted by Gasteiger charge is -2.41. The van der Waals surface area contributed by atoms with Crippen molar-refractivity contribution >= 4 is 5.96 Å². The Labute approximate surface area is 179 Å². The molecule has 0 amide bonds. The fourth-order valence-corrected chi connectivity index (χ4v) is 3.87. The summed E-state index contributed by atoms with van der Waals surface area (Å²) in [5, 5.41) is 10.7. The molecule has 1 fully saturated rings. The standard InChI is InChI=1S/C24H33FN4O/c1-19(21-6-4-3-5-7-21)29-24(13-16-30-17-14-24)18-28-23(26-2)27-15-12-20-8-10-22(25)11-9-20/h3-11,19,29H,12-18H2,1-2H3,(H2,26,27,28). The third-order valence-corrected chi connectivity index (χ3v) is 5.71. The Morgan fingerprint density at radius 1 is 1.07 bits per heavy atom. The molecule has 0 saturated carbocycles. The molecule has 0 aliphatic carbocycles. The number of hydrogen-bond donors (Lipinski definition) is 3. The summed E-state index contributed by atoms with van der Waals surface area (Å²) < 4.78 is 18.7. The molecule has 2 aromatic carbocycles. The smallest absolute Gasteiger partial charge is 0.191 e. The lowest BCUT2D eigenvalue weighted by molar-refractivity contribution is 0.0355. The van der Waals surface area contributed by atoms with E-state index in [1.54, 1.807) is 7.05 Å². The van der Waals surface area contributed by atoms with E-state index in [1.807, 2.05) is 18.2 Å². The van der Waals surface area contributed by atoms with Crippen LogP contribution in [0.4, 0.5) is 4.39 Å². The number of aliphatic imine (C=N–C) groups is 1. The van der Waals surface area contributed by atoms with Crippen LogP contribution in [0.15, 0.2) is 59.6 Å². The van der Waals surface area contributed by atoms with Gasteiger partial charge in [-0.2, -0.15) is 0 Å². The second kappa shape index (κ2) is 11.1. The molecule has 30 heavy (non-hydrogen) atoms. The molecular weight excluding hydrogens is 379 g/mol. The third kappa shape index (κ3) is 6.54. The minimum absolute atomic E-state index is 0.0535. The topological polar surface area (TPSA) is 57.7 Å². The van der Waals surface area contributed by atoms with E-state index in [1.165, 1.54) is 17.7 Å². The van der Waals surface area contributed by atoms with E-state index in [0.717, 1.165) is 57.1 Å². The summed E-state index contributed by atoms with van der Waals surface area (Å²) in [6.07, 6.45) is 2.71. The molecule has 3 rings (SSSR count). The normalized spacial score (nSPS) is 17.4. The van der Waals surface area contributed by atoms with Crippen molar-refractivity contribution in [3.63, 3.8) is 0 Å². The Kier molecular flexibility index (Phi) is 8.22. The van der Waals surface area contributed by atoms with Gasteiger partial charge in [0.1, 0.15) is 5.82 Å². The highest BCUT2D eigenvalue weighted by molar-refractivity contribution is 5.79. The molecule has 5 nitrogen and oxygen atoms in total. The van der Waals surface area contributed by atoms with Crippen LogP contribution in [-0.4, -0.2) is 44.8 Å². The van der Waals surface area contributed by atoms with E-state index < -0.39 is 0 Å². The van der Waals surface area contributed by atoms with Gasteiger partial charge in [0.2, 0.25) is 0 Å². The van der Waals surface area contributed by atoms with Gasteiger partial charge >= 0.3 is 0 Å². The fraction of sp³-hybridized carbons (Fsp3) is 0.458. The van der Waals surface area contributed by atoms with E-state index in [4.69, 9.17) is 4.74 Å². The van der Waals surface area contributed by atoms with Crippen molar-refractivity contribution in [1.82, 2.24) is 16.0 Å². The SMILES string of the molecule is CN=C(NCCc1ccc(F)cc1)NCC1(NC(C)c2ccccc2)CCOCC1. The molecule has 1 aliphatic rings. The average molecular weight is 413 g/mol. The summed E-state index contributed by atoms with van der Waals surface area (Å²) in [6.45, 7) is 5.22. The summed E-state index contributed by atoms with van der Waals surface area (Å²) in [7, 11) is 1.78. The molecular formula is C24H33FN4O. The first kappa shape index (κ1) is 22.2. The molecule has 6 heteroatoms. The van der Waals surface area contributed by atoms with Crippen molar-refractivity contribution in [3.8, 4) is 0 Å². The van der Waals surface area contributed by atoms with Crippen LogP contribution in [0.25, 0.3) is 0 Å². The van der Waals surface area contributed by atoms with Gasteiger partial charge in [-0.25, -0.2) is 4.39 Å². The summed E-state index contributed by atoms with van der Waals surface area (Å²) in [5.41, 5.74) is 2.33. The molecule has 1 saturated heterocycles. The van der Waals surface area contributed by atoms with Crippen LogP contribution in [0.3, 0.4) is 0 Å². The van der Waals surface area contributed by atoms with Crippen LogP contribution < -0.4 is 16.0 Å². The first-order valence-corrected chi connectivity index (χ1v) is 10.7. The Balaban J connectivity index is 1.54. The number of halogens is 1. The first-order chi connectivity index (χ1) is 14.6. The van der Waals surface area contributed by atoms with Gasteiger partial charge in [0.15, 0.2) is 5.96 Å². The van der Waals surface area contributed by atoms with Gasteiger partial charge in [-0.05, 0) is 49.4 Å². The molecule has 1 heterocycles. The summed E-state index contributed by atoms with van der Waals surface area (Å²) in [6, 6.07) is 17.4. The van der Waals surface area contributed by atoms with Crippen molar-refractivity contribution in [1.29, 1.82) is 0 Å². The molecule has 0 spiro atoms. The zero-order valence-electron chi connectivity index (χ0n) is 18.0. The van der Waals surface area contributed by atoms with Crippen LogP contribution in [0.1, 0.15) is 36.9 Å². The van der Waals surface area contributed by atoms with Crippen LogP contribution in [0, 0.1) is 5.82 Å². The Bertz CT molecular complexity index is 789. The van der Waals surface area contributed by atoms with Gasteiger partial charge in [-0.1, -0.05) is 42.5 Å². The minimum Gasteiger partial charge on any atom is -0.381 e. The number of rotatable bonds is 8. The van der Waals surface area contributed by atoms with E-state index >= 15 is 0 Å². The molecule has 3 N–H and O–H groups in total. The van der Waals surface area contributed by atoms with Crippen molar-refractivity contribution in [2.75, 3.05) is 33.4 Å². The van der Waals surface area contributed by atoms with E-state index in [0.29, 0.717) is 0 Å². The summed E-state index contributed by atoms with van der Waals surface area (Å²) >= 11 is 0. The molecule has 0 aromatic heterocycles. The van der Waals surface area contributed by atoms with E-state index in [2.05, 4.69) is 52.1 Å². The molecule has 1 aliphatic heterocycles. The van der Waals surface area contributed by atoms with Gasteiger partial charge < -0.3 is 20.7 Å². The zero-order valence-corrected chi connectivity index (χ0v) is 18.0. The lowest BCUT2D eigenvalue weighted by Crippen LogP contribution is -2.58. The van der Waals surface area contributed by atoms with Crippen LogP contribution in [-0.2, 0) is 11.2 Å². The van der Waals surface area contributed by atoms with Gasteiger partial charge in [0, 0.05) is 44.9 Å². The number of hydrogen-bond acceptors (Lipinski definition) is 3. The number of guanidine groups is 1. The number of benzene rings is 2. The number of nitrogens with one attached hydrogen (secondary N) is 3. The molecule has 0 radical (unpaired) electrons. The Morgan fingerprint density at radius 2 is 1.77 bits per heavy atom. The highest BCUT2D eigenvalue weighted by Crippen LogP contribution is 2.25. The van der Waals surface area contributed by atoms with Gasteiger partial charge in [0.05, 0.1) is 0 Å². The monoisotopic (exact) mass is 412 g/mol. The molecule has 1 atom stereocenters.